The van der Waals surface area contributed by atoms with Crippen molar-refractivity contribution in [1.82, 2.24) is 10.2 Å². The monoisotopic (exact) mass is 230 g/mol. The molecule has 0 spiro atoms. The first-order chi connectivity index (χ1) is 7.24. The van der Waals surface area contributed by atoms with E-state index in [4.69, 9.17) is 0 Å². The number of hydrogen-bond donors (Lipinski definition) is 1. The topological polar surface area (TPSA) is 15.3 Å². The number of piperidine rings is 1. The van der Waals surface area contributed by atoms with Crippen molar-refractivity contribution in [2.75, 3.05) is 38.2 Å². The highest BCUT2D eigenvalue weighted by atomic mass is 32.2. The number of nitrogens with one attached hydrogen (secondary N) is 1. The second-order valence-corrected chi connectivity index (χ2v) is 5.78. The van der Waals surface area contributed by atoms with Crippen LogP contribution in [0.2, 0.25) is 0 Å². The molecule has 0 radical (unpaired) electrons. The van der Waals surface area contributed by atoms with Crippen LogP contribution in [0.25, 0.3) is 0 Å². The van der Waals surface area contributed by atoms with Gasteiger partial charge >= 0.3 is 0 Å². The molecule has 1 saturated heterocycles. The molecule has 0 aromatic rings. The lowest BCUT2D eigenvalue weighted by molar-refractivity contribution is 0.181. The first kappa shape index (κ1) is 13.3. The van der Waals surface area contributed by atoms with Crippen molar-refractivity contribution < 1.29 is 0 Å². The molecule has 3 heteroatoms. The van der Waals surface area contributed by atoms with Gasteiger partial charge in [0.05, 0.1) is 0 Å². The predicted molar refractivity (Wildman–Crippen MR) is 70.7 cm³/mol. The van der Waals surface area contributed by atoms with Gasteiger partial charge in [-0.15, -0.1) is 0 Å². The molecular formula is C12H26N2S. The van der Waals surface area contributed by atoms with Crippen LogP contribution in [0.1, 0.15) is 26.7 Å². The molecule has 1 N–H and O–H groups in total. The van der Waals surface area contributed by atoms with Crippen molar-refractivity contribution >= 4 is 11.8 Å². The van der Waals surface area contributed by atoms with Crippen molar-refractivity contribution in [3.63, 3.8) is 0 Å². The third kappa shape index (κ3) is 5.23. The fourth-order valence-electron chi connectivity index (χ4n) is 2.18. The first-order valence-corrected chi connectivity index (χ1v) is 7.57. The lowest BCUT2D eigenvalue weighted by Crippen LogP contribution is -2.42. The van der Waals surface area contributed by atoms with E-state index in [2.05, 4.69) is 30.3 Å². The Labute approximate surface area is 99.2 Å². The van der Waals surface area contributed by atoms with Crippen LogP contribution in [0.5, 0.6) is 0 Å². The Morgan fingerprint density at radius 2 is 2.27 bits per heavy atom. The van der Waals surface area contributed by atoms with E-state index in [9.17, 15) is 0 Å². The van der Waals surface area contributed by atoms with Crippen LogP contribution in [-0.2, 0) is 0 Å². The highest BCUT2D eigenvalue weighted by Gasteiger charge is 2.18. The van der Waals surface area contributed by atoms with Crippen molar-refractivity contribution in [2.24, 2.45) is 5.92 Å². The van der Waals surface area contributed by atoms with Gasteiger partial charge in [0.15, 0.2) is 0 Å². The molecule has 1 unspecified atom stereocenters. The smallest absolute Gasteiger partial charge is 0.00751 e. The van der Waals surface area contributed by atoms with Gasteiger partial charge in [0.1, 0.15) is 0 Å². The second kappa shape index (κ2) is 7.53. The summed E-state index contributed by atoms with van der Waals surface area (Å²) >= 11 is 1.95. The molecule has 1 heterocycles. The Balaban J connectivity index is 2.28. The third-order valence-corrected chi connectivity index (χ3v) is 3.80. The number of thioether (sulfide) groups is 1. The summed E-state index contributed by atoms with van der Waals surface area (Å²) in [6.45, 7) is 9.61. The molecule has 1 atom stereocenters. The largest absolute Gasteiger partial charge is 0.316 e. The fourth-order valence-corrected chi connectivity index (χ4v) is 2.60. The molecule has 0 bridgehead atoms. The molecule has 1 fully saturated rings. The summed E-state index contributed by atoms with van der Waals surface area (Å²) in [7, 11) is 0. The molecule has 1 aliphatic heterocycles. The highest BCUT2D eigenvalue weighted by molar-refractivity contribution is 7.98. The summed E-state index contributed by atoms with van der Waals surface area (Å²) in [6.07, 6.45) is 4.97. The van der Waals surface area contributed by atoms with E-state index in [0.29, 0.717) is 6.04 Å². The Hall–Kier alpha value is 0.270. The summed E-state index contributed by atoms with van der Waals surface area (Å²) < 4.78 is 0. The molecule has 1 aliphatic rings. The fraction of sp³-hybridized carbons (Fsp3) is 1.00. The quantitative estimate of drug-likeness (QED) is 0.752. The van der Waals surface area contributed by atoms with E-state index in [1.165, 1.54) is 44.8 Å². The van der Waals surface area contributed by atoms with Crippen molar-refractivity contribution in [1.29, 1.82) is 0 Å². The Bertz CT molecular complexity index is 156. The van der Waals surface area contributed by atoms with Gasteiger partial charge < -0.3 is 5.32 Å². The third-order valence-electron chi connectivity index (χ3n) is 3.20. The summed E-state index contributed by atoms with van der Waals surface area (Å²) in [6, 6.07) is 0.694. The molecule has 1 rings (SSSR count). The predicted octanol–water partition coefficient (Wildman–Crippen LogP) is 2.06. The zero-order valence-corrected chi connectivity index (χ0v) is 11.3. The molecule has 0 aromatic carbocycles. The normalized spacial score (nSPS) is 22.6. The van der Waals surface area contributed by atoms with Gasteiger partial charge in [-0.3, -0.25) is 4.90 Å². The van der Waals surface area contributed by atoms with Gasteiger partial charge in [0.25, 0.3) is 0 Å². The van der Waals surface area contributed by atoms with Crippen LogP contribution >= 0.6 is 11.8 Å². The van der Waals surface area contributed by atoms with Crippen LogP contribution in [0.15, 0.2) is 0 Å². The van der Waals surface area contributed by atoms with Crippen LogP contribution in [0.3, 0.4) is 0 Å². The SMILES string of the molecule is CSCCN(CC1CCCNC1)C(C)C. The number of hydrogen-bond acceptors (Lipinski definition) is 3. The van der Waals surface area contributed by atoms with E-state index in [1.807, 2.05) is 11.8 Å². The minimum atomic E-state index is 0.694. The van der Waals surface area contributed by atoms with E-state index >= 15 is 0 Å². The highest BCUT2D eigenvalue weighted by Crippen LogP contribution is 2.13. The van der Waals surface area contributed by atoms with Gasteiger partial charge in [-0.25, -0.2) is 0 Å². The van der Waals surface area contributed by atoms with Gasteiger partial charge in [-0.05, 0) is 52.0 Å². The zero-order chi connectivity index (χ0) is 11.1. The van der Waals surface area contributed by atoms with Crippen LogP contribution < -0.4 is 5.32 Å². The number of nitrogens with zero attached hydrogens (tertiary/aromatic N) is 1. The Morgan fingerprint density at radius 3 is 2.80 bits per heavy atom. The molecule has 0 saturated carbocycles. The Kier molecular flexibility index (Phi) is 6.69. The van der Waals surface area contributed by atoms with Crippen molar-refractivity contribution in [3.05, 3.63) is 0 Å². The molecule has 15 heavy (non-hydrogen) atoms. The molecule has 0 aromatic heterocycles. The maximum absolute atomic E-state index is 3.50. The molecule has 0 amide bonds. The second-order valence-electron chi connectivity index (χ2n) is 4.79. The van der Waals surface area contributed by atoms with Crippen LogP contribution in [-0.4, -0.2) is 49.1 Å². The van der Waals surface area contributed by atoms with Crippen LogP contribution in [0, 0.1) is 5.92 Å². The Morgan fingerprint density at radius 1 is 1.47 bits per heavy atom. The average molecular weight is 230 g/mol. The van der Waals surface area contributed by atoms with E-state index < -0.39 is 0 Å². The first-order valence-electron chi connectivity index (χ1n) is 6.17. The average Bonchev–Trinajstić information content (AvgIpc) is 2.25. The van der Waals surface area contributed by atoms with Gasteiger partial charge in [-0.1, -0.05) is 0 Å². The van der Waals surface area contributed by atoms with E-state index in [1.54, 1.807) is 0 Å². The molecule has 90 valence electrons. The van der Waals surface area contributed by atoms with E-state index in [0.717, 1.165) is 5.92 Å². The maximum Gasteiger partial charge on any atom is 0.00751 e. The lowest BCUT2D eigenvalue weighted by Gasteiger charge is -2.32. The maximum atomic E-state index is 3.50. The lowest BCUT2D eigenvalue weighted by atomic mass is 9.98. The summed E-state index contributed by atoms with van der Waals surface area (Å²) in [5.41, 5.74) is 0. The van der Waals surface area contributed by atoms with Gasteiger partial charge in [-0.2, -0.15) is 11.8 Å². The van der Waals surface area contributed by atoms with E-state index in [-0.39, 0.29) is 0 Å². The standard InChI is InChI=1S/C12H26N2S/c1-11(2)14(7-8-15-3)10-12-5-4-6-13-9-12/h11-13H,4-10H2,1-3H3. The molecular weight excluding hydrogens is 204 g/mol. The number of rotatable bonds is 6. The zero-order valence-electron chi connectivity index (χ0n) is 10.5. The summed E-state index contributed by atoms with van der Waals surface area (Å²) in [4.78, 5) is 2.63. The van der Waals surface area contributed by atoms with Crippen LogP contribution in [0.4, 0.5) is 0 Å². The summed E-state index contributed by atoms with van der Waals surface area (Å²) in [5.74, 6) is 2.14. The minimum absolute atomic E-state index is 0.694. The molecule has 0 aliphatic carbocycles. The molecule has 2 nitrogen and oxygen atoms in total. The van der Waals surface area contributed by atoms with Crippen molar-refractivity contribution in [2.45, 2.75) is 32.7 Å². The van der Waals surface area contributed by atoms with Gasteiger partial charge in [0.2, 0.25) is 0 Å². The van der Waals surface area contributed by atoms with Crippen molar-refractivity contribution in [3.8, 4) is 0 Å². The summed E-state index contributed by atoms with van der Waals surface area (Å²) in [5, 5.41) is 3.50. The minimum Gasteiger partial charge on any atom is -0.316 e. The van der Waals surface area contributed by atoms with Gasteiger partial charge in [0, 0.05) is 24.9 Å².